The van der Waals surface area contributed by atoms with Gasteiger partial charge in [0, 0.05) is 12.6 Å². The summed E-state index contributed by atoms with van der Waals surface area (Å²) in [6.45, 7) is 3.83. The first-order chi connectivity index (χ1) is 13.0. The molecule has 0 aliphatic carbocycles. The molecule has 140 valence electrons. The van der Waals surface area contributed by atoms with E-state index in [0.29, 0.717) is 17.5 Å². The summed E-state index contributed by atoms with van der Waals surface area (Å²) >= 11 is 5.84. The number of carbonyl (C=O) groups is 1. The molecule has 0 atom stereocenters. The number of nitrogens with zero attached hydrogens (tertiary/aromatic N) is 1. The fraction of sp³-hybridized carbons (Fsp3) is 0.238. The highest BCUT2D eigenvalue weighted by molar-refractivity contribution is 6.30. The van der Waals surface area contributed by atoms with E-state index < -0.39 is 17.3 Å². The standard InChI is InChI=1S/C21H19ClFNO3/c1-3-14-11-16(21(26)27-4-2)20(25)24-12-13(8-9-18(14)24)10-15-6-5-7-17(22)19(15)23/h5-9,11-12H,3-4,10H2,1-2H3. The van der Waals surface area contributed by atoms with Gasteiger partial charge < -0.3 is 4.74 Å². The summed E-state index contributed by atoms with van der Waals surface area (Å²) < 4.78 is 20.6. The Bertz CT molecular complexity index is 1070. The van der Waals surface area contributed by atoms with Crippen LogP contribution in [0.5, 0.6) is 0 Å². The first kappa shape index (κ1) is 19.1. The molecule has 0 fully saturated rings. The average Bonchev–Trinajstić information content (AvgIpc) is 2.66. The van der Waals surface area contributed by atoms with Crippen molar-refractivity contribution in [2.75, 3.05) is 6.61 Å². The molecule has 0 saturated carbocycles. The Morgan fingerprint density at radius 2 is 1.96 bits per heavy atom. The number of fused-ring (bicyclic) bond motifs is 1. The van der Waals surface area contributed by atoms with Crippen LogP contribution < -0.4 is 5.56 Å². The molecular weight excluding hydrogens is 369 g/mol. The van der Waals surface area contributed by atoms with Crippen molar-refractivity contribution in [2.24, 2.45) is 0 Å². The van der Waals surface area contributed by atoms with E-state index in [4.69, 9.17) is 16.3 Å². The molecule has 2 aromatic heterocycles. The number of ether oxygens (including phenoxy) is 1. The van der Waals surface area contributed by atoms with Crippen LogP contribution in [-0.2, 0) is 17.6 Å². The Kier molecular flexibility index (Phi) is 5.61. The van der Waals surface area contributed by atoms with Crippen LogP contribution in [0.1, 0.15) is 40.9 Å². The van der Waals surface area contributed by atoms with E-state index in [9.17, 15) is 14.0 Å². The zero-order valence-corrected chi connectivity index (χ0v) is 15.8. The van der Waals surface area contributed by atoms with Crippen molar-refractivity contribution in [1.82, 2.24) is 4.40 Å². The SMILES string of the molecule is CCOC(=O)c1cc(CC)c2ccc(Cc3cccc(Cl)c3F)cn2c1=O. The third-order valence-corrected chi connectivity index (χ3v) is 4.70. The van der Waals surface area contributed by atoms with E-state index in [0.717, 1.165) is 11.1 Å². The summed E-state index contributed by atoms with van der Waals surface area (Å²) in [6.07, 6.45) is 2.57. The second-order valence-electron chi connectivity index (χ2n) is 6.14. The van der Waals surface area contributed by atoms with Crippen LogP contribution in [0.3, 0.4) is 0 Å². The van der Waals surface area contributed by atoms with Crippen LogP contribution >= 0.6 is 11.6 Å². The van der Waals surface area contributed by atoms with Gasteiger partial charge in [0.2, 0.25) is 0 Å². The quantitative estimate of drug-likeness (QED) is 0.609. The van der Waals surface area contributed by atoms with Gasteiger partial charge in [-0.3, -0.25) is 9.20 Å². The van der Waals surface area contributed by atoms with Gasteiger partial charge in [0.25, 0.3) is 5.56 Å². The number of esters is 1. The van der Waals surface area contributed by atoms with Gasteiger partial charge in [-0.15, -0.1) is 0 Å². The highest BCUT2D eigenvalue weighted by Gasteiger charge is 2.17. The lowest BCUT2D eigenvalue weighted by molar-refractivity contribution is 0.0524. The third-order valence-electron chi connectivity index (χ3n) is 4.41. The van der Waals surface area contributed by atoms with Crippen LogP contribution in [-0.4, -0.2) is 17.0 Å². The molecular formula is C21H19ClFNO3. The van der Waals surface area contributed by atoms with Gasteiger partial charge in [0.1, 0.15) is 11.4 Å². The molecule has 1 aromatic carbocycles. The normalized spacial score (nSPS) is 11.0. The molecule has 3 aromatic rings. The fourth-order valence-corrected chi connectivity index (χ4v) is 3.26. The number of aromatic nitrogens is 1. The third kappa shape index (κ3) is 3.74. The Morgan fingerprint density at radius 1 is 1.19 bits per heavy atom. The van der Waals surface area contributed by atoms with Crippen LogP contribution in [0.4, 0.5) is 4.39 Å². The van der Waals surface area contributed by atoms with Gasteiger partial charge in [-0.25, -0.2) is 9.18 Å². The summed E-state index contributed by atoms with van der Waals surface area (Å²) in [5, 5.41) is 0.0586. The number of rotatable bonds is 5. The summed E-state index contributed by atoms with van der Waals surface area (Å²) in [7, 11) is 0. The first-order valence-electron chi connectivity index (χ1n) is 8.73. The first-order valence-corrected chi connectivity index (χ1v) is 9.11. The Hall–Kier alpha value is -2.66. The predicted molar refractivity (Wildman–Crippen MR) is 103 cm³/mol. The minimum absolute atomic E-state index is 0.00251. The van der Waals surface area contributed by atoms with Crippen molar-refractivity contribution in [1.29, 1.82) is 0 Å². The molecule has 4 nitrogen and oxygen atoms in total. The van der Waals surface area contributed by atoms with Crippen LogP contribution in [0.25, 0.3) is 5.52 Å². The number of aryl methyl sites for hydroxylation is 1. The molecule has 27 heavy (non-hydrogen) atoms. The van der Waals surface area contributed by atoms with E-state index >= 15 is 0 Å². The maximum atomic E-state index is 14.2. The summed E-state index contributed by atoms with van der Waals surface area (Å²) in [4.78, 5) is 24.9. The molecule has 3 rings (SSSR count). The fourth-order valence-electron chi connectivity index (χ4n) is 3.06. The van der Waals surface area contributed by atoms with Crippen LogP contribution in [0, 0.1) is 5.82 Å². The molecule has 0 amide bonds. The van der Waals surface area contributed by atoms with Crippen LogP contribution in [0.2, 0.25) is 5.02 Å². The van der Waals surface area contributed by atoms with E-state index in [1.54, 1.807) is 31.3 Å². The van der Waals surface area contributed by atoms with Crippen molar-refractivity contribution < 1.29 is 13.9 Å². The van der Waals surface area contributed by atoms with E-state index in [1.807, 2.05) is 19.1 Å². The zero-order chi connectivity index (χ0) is 19.6. The molecule has 6 heteroatoms. The monoisotopic (exact) mass is 387 g/mol. The molecule has 0 bridgehead atoms. The minimum Gasteiger partial charge on any atom is -0.462 e. The lowest BCUT2D eigenvalue weighted by Crippen LogP contribution is -2.24. The van der Waals surface area contributed by atoms with Gasteiger partial charge in [-0.2, -0.15) is 0 Å². The molecule has 0 unspecified atom stereocenters. The van der Waals surface area contributed by atoms with E-state index in [1.165, 1.54) is 10.5 Å². The van der Waals surface area contributed by atoms with Crippen LogP contribution in [0.15, 0.2) is 47.4 Å². The maximum absolute atomic E-state index is 14.2. The molecule has 0 radical (unpaired) electrons. The Balaban J connectivity index is 2.13. The van der Waals surface area contributed by atoms with Crippen molar-refractivity contribution in [3.63, 3.8) is 0 Å². The number of benzene rings is 1. The lowest BCUT2D eigenvalue weighted by atomic mass is 10.0. The topological polar surface area (TPSA) is 47.8 Å². The van der Waals surface area contributed by atoms with Gasteiger partial charge >= 0.3 is 5.97 Å². The number of hydrogen-bond acceptors (Lipinski definition) is 3. The zero-order valence-electron chi connectivity index (χ0n) is 15.1. The Morgan fingerprint density at radius 3 is 2.67 bits per heavy atom. The largest absolute Gasteiger partial charge is 0.462 e. The molecule has 2 heterocycles. The Labute approximate surface area is 161 Å². The number of pyridine rings is 2. The van der Waals surface area contributed by atoms with Crippen molar-refractivity contribution >= 4 is 23.1 Å². The van der Waals surface area contributed by atoms with E-state index in [-0.39, 0.29) is 23.6 Å². The van der Waals surface area contributed by atoms with Gasteiger partial charge in [-0.05, 0) is 48.2 Å². The molecule has 0 spiro atoms. The van der Waals surface area contributed by atoms with Gasteiger partial charge in [0.15, 0.2) is 0 Å². The predicted octanol–water partition coefficient (Wildman–Crippen LogP) is 4.42. The molecule has 0 saturated heterocycles. The number of hydrogen-bond donors (Lipinski definition) is 0. The summed E-state index contributed by atoms with van der Waals surface area (Å²) in [5.41, 5.74) is 2.29. The average molecular weight is 388 g/mol. The second kappa shape index (κ2) is 7.92. The molecule has 0 aliphatic heterocycles. The minimum atomic E-state index is -0.641. The lowest BCUT2D eigenvalue weighted by Gasteiger charge is -2.12. The molecule has 0 N–H and O–H groups in total. The number of carbonyl (C=O) groups excluding carboxylic acids is 1. The summed E-state index contributed by atoms with van der Waals surface area (Å²) in [5.74, 6) is -1.11. The van der Waals surface area contributed by atoms with Crippen molar-refractivity contribution in [2.45, 2.75) is 26.7 Å². The summed E-state index contributed by atoms with van der Waals surface area (Å²) in [6, 6.07) is 10.1. The smallest absolute Gasteiger partial charge is 0.343 e. The van der Waals surface area contributed by atoms with Crippen molar-refractivity contribution in [3.05, 3.63) is 86.0 Å². The number of halogens is 2. The second-order valence-corrected chi connectivity index (χ2v) is 6.55. The molecule has 0 aliphatic rings. The maximum Gasteiger partial charge on any atom is 0.343 e. The highest BCUT2D eigenvalue weighted by Crippen LogP contribution is 2.21. The van der Waals surface area contributed by atoms with Gasteiger partial charge in [-0.1, -0.05) is 36.7 Å². The van der Waals surface area contributed by atoms with E-state index in [2.05, 4.69) is 0 Å². The highest BCUT2D eigenvalue weighted by atomic mass is 35.5. The van der Waals surface area contributed by atoms with Gasteiger partial charge in [0.05, 0.1) is 17.1 Å². The van der Waals surface area contributed by atoms with Crippen molar-refractivity contribution in [3.8, 4) is 0 Å².